The molecule has 0 spiro atoms. The lowest BCUT2D eigenvalue weighted by atomic mass is 9.81. The summed E-state index contributed by atoms with van der Waals surface area (Å²) in [6, 6.07) is 0.427. The molecular weight excluding hydrogens is 266 g/mol. The van der Waals surface area contributed by atoms with Crippen LogP contribution in [0.4, 0.5) is 4.79 Å². The maximum atomic E-state index is 12.1. The summed E-state index contributed by atoms with van der Waals surface area (Å²) < 4.78 is 5.43. The van der Waals surface area contributed by atoms with Crippen LogP contribution in [0.5, 0.6) is 0 Å². The first-order chi connectivity index (χ1) is 9.42. The Morgan fingerprint density at radius 1 is 1.05 bits per heavy atom. The van der Waals surface area contributed by atoms with Gasteiger partial charge in [-0.05, 0) is 33.1 Å². The lowest BCUT2D eigenvalue weighted by Crippen LogP contribution is -2.60. The third kappa shape index (κ3) is 5.47. The minimum atomic E-state index is -0.437. The largest absolute Gasteiger partial charge is 0.444 e. The van der Waals surface area contributed by atoms with E-state index >= 15 is 0 Å². The van der Waals surface area contributed by atoms with Crippen LogP contribution in [0.3, 0.4) is 0 Å². The van der Waals surface area contributed by atoms with Crippen molar-refractivity contribution in [2.75, 3.05) is 26.2 Å². The van der Waals surface area contributed by atoms with Crippen LogP contribution in [-0.4, -0.2) is 59.8 Å². The summed E-state index contributed by atoms with van der Waals surface area (Å²) in [5.74, 6) is 0. The molecule has 2 atom stereocenters. The van der Waals surface area contributed by atoms with Gasteiger partial charge in [-0.2, -0.15) is 0 Å². The molecular formula is C16H33N3O2. The standard InChI is InChI=1S/C16H33N3O2/c1-12(17)13(15(2,3)4)18-8-10-19(11-9-18)14(20)21-16(5,6)7/h12-13H,8-11,17H2,1-7H3. The van der Waals surface area contributed by atoms with E-state index in [4.69, 9.17) is 10.5 Å². The van der Waals surface area contributed by atoms with Crippen molar-refractivity contribution < 1.29 is 9.53 Å². The highest BCUT2D eigenvalue weighted by atomic mass is 16.6. The van der Waals surface area contributed by atoms with Gasteiger partial charge in [0.1, 0.15) is 5.60 Å². The van der Waals surface area contributed by atoms with Gasteiger partial charge in [0.25, 0.3) is 0 Å². The average molecular weight is 299 g/mol. The van der Waals surface area contributed by atoms with Crippen molar-refractivity contribution in [3.05, 3.63) is 0 Å². The summed E-state index contributed by atoms with van der Waals surface area (Å²) in [5, 5.41) is 0. The Bertz CT molecular complexity index is 348. The zero-order valence-electron chi connectivity index (χ0n) is 14.8. The van der Waals surface area contributed by atoms with Gasteiger partial charge in [0.15, 0.2) is 0 Å². The van der Waals surface area contributed by atoms with Crippen molar-refractivity contribution in [1.82, 2.24) is 9.80 Å². The minimum absolute atomic E-state index is 0.109. The molecule has 1 heterocycles. The van der Waals surface area contributed by atoms with Gasteiger partial charge in [0.05, 0.1) is 0 Å². The van der Waals surface area contributed by atoms with Gasteiger partial charge in [-0.15, -0.1) is 0 Å². The fraction of sp³-hybridized carbons (Fsp3) is 0.938. The number of amides is 1. The SMILES string of the molecule is CC(N)C(N1CCN(C(=O)OC(C)(C)C)CC1)C(C)(C)C. The summed E-state index contributed by atoms with van der Waals surface area (Å²) in [5.41, 5.74) is 5.88. The molecule has 0 aliphatic carbocycles. The van der Waals surface area contributed by atoms with Crippen molar-refractivity contribution in [2.45, 2.75) is 66.2 Å². The smallest absolute Gasteiger partial charge is 0.410 e. The number of nitrogens with zero attached hydrogens (tertiary/aromatic N) is 2. The quantitative estimate of drug-likeness (QED) is 0.850. The molecule has 0 aromatic rings. The van der Waals surface area contributed by atoms with Crippen LogP contribution < -0.4 is 5.73 Å². The number of ether oxygens (including phenoxy) is 1. The molecule has 1 aliphatic rings. The van der Waals surface area contributed by atoms with E-state index in [2.05, 4.69) is 32.6 Å². The summed E-state index contributed by atoms with van der Waals surface area (Å²) in [4.78, 5) is 16.3. The van der Waals surface area contributed by atoms with Gasteiger partial charge in [-0.3, -0.25) is 4.90 Å². The Kier molecular flexibility index (Phi) is 5.67. The third-order valence-corrected chi connectivity index (χ3v) is 3.74. The molecule has 0 aromatic carbocycles. The molecule has 1 aliphatic heterocycles. The van der Waals surface area contributed by atoms with Crippen LogP contribution in [0.25, 0.3) is 0 Å². The first-order valence-corrected chi connectivity index (χ1v) is 7.89. The van der Waals surface area contributed by atoms with Crippen molar-refractivity contribution in [1.29, 1.82) is 0 Å². The molecule has 1 saturated heterocycles. The second-order valence-electron chi connectivity index (χ2n) is 8.17. The van der Waals surface area contributed by atoms with E-state index in [1.54, 1.807) is 4.90 Å². The van der Waals surface area contributed by atoms with Crippen molar-refractivity contribution in [3.63, 3.8) is 0 Å². The first kappa shape index (κ1) is 18.2. The summed E-state index contributed by atoms with van der Waals surface area (Å²) in [6.07, 6.45) is -0.213. The molecule has 1 fully saturated rings. The number of hydrogen-bond donors (Lipinski definition) is 1. The fourth-order valence-electron chi connectivity index (χ4n) is 3.18. The molecule has 1 amide bonds. The van der Waals surface area contributed by atoms with E-state index < -0.39 is 5.60 Å². The van der Waals surface area contributed by atoms with E-state index in [-0.39, 0.29) is 17.6 Å². The Balaban J connectivity index is 2.61. The zero-order valence-corrected chi connectivity index (χ0v) is 14.8. The lowest BCUT2D eigenvalue weighted by molar-refractivity contribution is -0.00114. The van der Waals surface area contributed by atoms with Crippen molar-refractivity contribution in [2.24, 2.45) is 11.1 Å². The molecule has 0 bridgehead atoms. The molecule has 2 N–H and O–H groups in total. The Labute approximate surface area is 129 Å². The molecule has 21 heavy (non-hydrogen) atoms. The lowest BCUT2D eigenvalue weighted by Gasteiger charge is -2.46. The predicted molar refractivity (Wildman–Crippen MR) is 86.3 cm³/mol. The fourth-order valence-corrected chi connectivity index (χ4v) is 3.18. The molecule has 1 rings (SSSR count). The number of piperazine rings is 1. The van der Waals surface area contributed by atoms with Gasteiger partial charge in [-0.1, -0.05) is 20.8 Å². The maximum absolute atomic E-state index is 12.1. The van der Waals surface area contributed by atoms with Crippen molar-refractivity contribution in [3.8, 4) is 0 Å². The topological polar surface area (TPSA) is 58.8 Å². The van der Waals surface area contributed by atoms with Crippen molar-refractivity contribution >= 4 is 6.09 Å². The zero-order chi connectivity index (χ0) is 16.4. The maximum Gasteiger partial charge on any atom is 0.410 e. The molecule has 124 valence electrons. The summed E-state index contributed by atoms with van der Waals surface area (Å²) in [7, 11) is 0. The molecule has 0 radical (unpaired) electrons. The summed E-state index contributed by atoms with van der Waals surface area (Å²) >= 11 is 0. The van der Waals surface area contributed by atoms with Gasteiger partial charge in [0.2, 0.25) is 0 Å². The van der Waals surface area contributed by atoms with Crippen LogP contribution in [0.1, 0.15) is 48.5 Å². The van der Waals surface area contributed by atoms with Gasteiger partial charge in [0, 0.05) is 38.3 Å². The second-order valence-corrected chi connectivity index (χ2v) is 8.17. The molecule has 2 unspecified atom stereocenters. The number of rotatable bonds is 2. The Hall–Kier alpha value is -0.810. The molecule has 5 heteroatoms. The Morgan fingerprint density at radius 2 is 1.52 bits per heavy atom. The van der Waals surface area contributed by atoms with E-state index in [1.165, 1.54) is 0 Å². The first-order valence-electron chi connectivity index (χ1n) is 7.89. The number of hydrogen-bond acceptors (Lipinski definition) is 4. The molecule has 0 aromatic heterocycles. The highest BCUT2D eigenvalue weighted by Crippen LogP contribution is 2.27. The summed E-state index contributed by atoms with van der Waals surface area (Å²) in [6.45, 7) is 17.5. The van der Waals surface area contributed by atoms with E-state index in [9.17, 15) is 4.79 Å². The molecule has 5 nitrogen and oxygen atoms in total. The van der Waals surface area contributed by atoms with Gasteiger partial charge in [-0.25, -0.2) is 4.79 Å². The minimum Gasteiger partial charge on any atom is -0.444 e. The Morgan fingerprint density at radius 3 is 1.86 bits per heavy atom. The number of carbonyl (C=O) groups is 1. The van der Waals surface area contributed by atoms with E-state index in [1.807, 2.05) is 20.8 Å². The van der Waals surface area contributed by atoms with Gasteiger partial charge < -0.3 is 15.4 Å². The van der Waals surface area contributed by atoms with Crippen LogP contribution in [0.2, 0.25) is 0 Å². The van der Waals surface area contributed by atoms with Gasteiger partial charge >= 0.3 is 6.09 Å². The average Bonchev–Trinajstić information content (AvgIpc) is 2.24. The molecule has 0 saturated carbocycles. The second kappa shape index (κ2) is 6.53. The normalized spacial score (nSPS) is 21.0. The highest BCUT2D eigenvalue weighted by molar-refractivity contribution is 5.68. The third-order valence-electron chi connectivity index (χ3n) is 3.74. The monoisotopic (exact) mass is 299 g/mol. The van der Waals surface area contributed by atoms with E-state index in [0.29, 0.717) is 19.1 Å². The predicted octanol–water partition coefficient (Wildman–Crippen LogP) is 2.30. The number of nitrogens with two attached hydrogens (primary N) is 1. The van der Waals surface area contributed by atoms with Crippen LogP contribution in [-0.2, 0) is 4.74 Å². The van der Waals surface area contributed by atoms with Crippen LogP contribution >= 0.6 is 0 Å². The van der Waals surface area contributed by atoms with E-state index in [0.717, 1.165) is 13.1 Å². The van der Waals surface area contributed by atoms with Crippen LogP contribution in [0, 0.1) is 5.41 Å². The van der Waals surface area contributed by atoms with Crippen LogP contribution in [0.15, 0.2) is 0 Å². The number of carbonyl (C=O) groups excluding carboxylic acids is 1. The highest BCUT2D eigenvalue weighted by Gasteiger charge is 2.36.